The van der Waals surface area contributed by atoms with Crippen LogP contribution in [0.25, 0.3) is 0 Å². The van der Waals surface area contributed by atoms with Crippen LogP contribution >= 0.6 is 0 Å². The van der Waals surface area contributed by atoms with E-state index in [1.807, 2.05) is 0 Å². The van der Waals surface area contributed by atoms with Crippen molar-refractivity contribution in [3.8, 4) is 0 Å². The van der Waals surface area contributed by atoms with Gasteiger partial charge < -0.3 is 10.2 Å². The molecule has 2 nitrogen and oxygen atoms in total. The number of para-hydroxylation sites is 1. The molecule has 0 saturated heterocycles. The van der Waals surface area contributed by atoms with Gasteiger partial charge in [-0.05, 0) is 49.6 Å². The topological polar surface area (TPSA) is 15.3 Å². The van der Waals surface area contributed by atoms with E-state index in [1.54, 1.807) is 0 Å². The Morgan fingerprint density at radius 3 is 2.67 bits per heavy atom. The molecule has 2 aromatic rings. The second kappa shape index (κ2) is 6.31. The zero-order valence-electron chi connectivity index (χ0n) is 13.0. The van der Waals surface area contributed by atoms with Gasteiger partial charge in [0, 0.05) is 24.8 Å². The molecule has 0 amide bonds. The third-order valence-corrected chi connectivity index (χ3v) is 4.52. The van der Waals surface area contributed by atoms with E-state index in [1.165, 1.54) is 35.2 Å². The second-order valence-electron chi connectivity index (χ2n) is 5.88. The van der Waals surface area contributed by atoms with Gasteiger partial charge in [-0.3, -0.25) is 0 Å². The molecule has 0 radical (unpaired) electrons. The maximum absolute atomic E-state index is 3.50. The van der Waals surface area contributed by atoms with Crippen molar-refractivity contribution in [2.75, 3.05) is 25.0 Å². The Morgan fingerprint density at radius 1 is 1.10 bits per heavy atom. The van der Waals surface area contributed by atoms with Crippen molar-refractivity contribution in [2.45, 2.75) is 25.8 Å². The molecule has 1 N–H and O–H groups in total. The summed E-state index contributed by atoms with van der Waals surface area (Å²) in [7, 11) is 2.06. The van der Waals surface area contributed by atoms with E-state index in [0.29, 0.717) is 6.04 Å². The lowest BCUT2D eigenvalue weighted by atomic mass is 9.98. The van der Waals surface area contributed by atoms with Crippen LogP contribution in [0, 0.1) is 6.92 Å². The second-order valence-corrected chi connectivity index (χ2v) is 5.88. The van der Waals surface area contributed by atoms with E-state index in [2.05, 4.69) is 72.7 Å². The number of benzene rings is 2. The van der Waals surface area contributed by atoms with Crippen molar-refractivity contribution in [3.05, 3.63) is 65.2 Å². The van der Waals surface area contributed by atoms with Gasteiger partial charge in [0.2, 0.25) is 0 Å². The lowest BCUT2D eigenvalue weighted by Crippen LogP contribution is -2.37. The molecule has 0 fully saturated rings. The number of aryl methyl sites for hydroxylation is 2. The number of hydrogen-bond acceptors (Lipinski definition) is 2. The lowest BCUT2D eigenvalue weighted by molar-refractivity contribution is 0.554. The molecule has 1 atom stereocenters. The Labute approximate surface area is 127 Å². The smallest absolute Gasteiger partial charge is 0.0498 e. The first kappa shape index (κ1) is 14.2. The van der Waals surface area contributed by atoms with E-state index < -0.39 is 0 Å². The van der Waals surface area contributed by atoms with Crippen LogP contribution in [-0.4, -0.2) is 20.1 Å². The summed E-state index contributed by atoms with van der Waals surface area (Å²) in [6.45, 7) is 4.38. The van der Waals surface area contributed by atoms with Gasteiger partial charge in [0.05, 0.1) is 0 Å². The largest absolute Gasteiger partial charge is 0.369 e. The monoisotopic (exact) mass is 280 g/mol. The molecule has 1 unspecified atom stereocenters. The Balaban J connectivity index is 1.84. The van der Waals surface area contributed by atoms with Crippen LogP contribution in [0.3, 0.4) is 0 Å². The Hall–Kier alpha value is -1.80. The summed E-state index contributed by atoms with van der Waals surface area (Å²) < 4.78 is 0. The van der Waals surface area contributed by atoms with Gasteiger partial charge in [-0.2, -0.15) is 0 Å². The predicted molar refractivity (Wildman–Crippen MR) is 90.0 cm³/mol. The molecule has 1 aliphatic rings. The number of fused-ring (bicyclic) bond motifs is 1. The number of likely N-dealkylation sites (N-methyl/N-ethyl adjacent to an activating group) is 1. The van der Waals surface area contributed by atoms with Crippen molar-refractivity contribution in [1.29, 1.82) is 0 Å². The molecule has 0 bridgehead atoms. The summed E-state index contributed by atoms with van der Waals surface area (Å²) in [6, 6.07) is 17.9. The van der Waals surface area contributed by atoms with Crippen LogP contribution in [0.2, 0.25) is 0 Å². The summed E-state index contributed by atoms with van der Waals surface area (Å²) in [4.78, 5) is 2.53. The standard InChI is InChI=1S/C19H24N2/c1-15-8-3-5-11-17(15)18(20-2)14-21-13-7-10-16-9-4-6-12-19(16)21/h3-6,8-9,11-12,18,20H,7,10,13-14H2,1-2H3. The molecule has 21 heavy (non-hydrogen) atoms. The Bertz CT molecular complexity index is 606. The maximum atomic E-state index is 3.50. The molecule has 3 rings (SSSR count). The average Bonchev–Trinajstić information content (AvgIpc) is 2.53. The number of nitrogens with zero attached hydrogens (tertiary/aromatic N) is 1. The summed E-state index contributed by atoms with van der Waals surface area (Å²) in [6.07, 6.45) is 2.46. The molecule has 110 valence electrons. The maximum Gasteiger partial charge on any atom is 0.0498 e. The fourth-order valence-electron chi connectivity index (χ4n) is 3.34. The van der Waals surface area contributed by atoms with Gasteiger partial charge in [-0.25, -0.2) is 0 Å². The molecule has 2 aromatic carbocycles. The van der Waals surface area contributed by atoms with Crippen molar-refractivity contribution in [1.82, 2.24) is 5.32 Å². The Kier molecular flexibility index (Phi) is 4.26. The molecule has 2 heteroatoms. The highest BCUT2D eigenvalue weighted by Gasteiger charge is 2.20. The zero-order chi connectivity index (χ0) is 14.7. The number of nitrogens with one attached hydrogen (secondary N) is 1. The van der Waals surface area contributed by atoms with E-state index in [-0.39, 0.29) is 0 Å². The third kappa shape index (κ3) is 2.96. The quantitative estimate of drug-likeness (QED) is 0.918. The van der Waals surface area contributed by atoms with E-state index in [9.17, 15) is 0 Å². The van der Waals surface area contributed by atoms with E-state index >= 15 is 0 Å². The minimum Gasteiger partial charge on any atom is -0.369 e. The number of hydrogen-bond donors (Lipinski definition) is 1. The molecule has 0 saturated carbocycles. The molecular formula is C19H24N2. The number of anilines is 1. The van der Waals surface area contributed by atoms with Crippen LogP contribution < -0.4 is 10.2 Å². The SMILES string of the molecule is CNC(CN1CCCc2ccccc21)c1ccccc1C. The highest BCUT2D eigenvalue weighted by molar-refractivity contribution is 5.55. The molecule has 0 spiro atoms. The first-order valence-electron chi connectivity index (χ1n) is 7.85. The minimum atomic E-state index is 0.373. The summed E-state index contributed by atoms with van der Waals surface area (Å²) in [5, 5.41) is 3.50. The van der Waals surface area contributed by atoms with Gasteiger partial charge in [0.25, 0.3) is 0 Å². The van der Waals surface area contributed by atoms with Crippen molar-refractivity contribution in [2.24, 2.45) is 0 Å². The number of rotatable bonds is 4. The highest BCUT2D eigenvalue weighted by Crippen LogP contribution is 2.29. The van der Waals surface area contributed by atoms with Gasteiger partial charge in [-0.15, -0.1) is 0 Å². The predicted octanol–water partition coefficient (Wildman–Crippen LogP) is 3.71. The summed E-state index contributed by atoms with van der Waals surface area (Å²) >= 11 is 0. The van der Waals surface area contributed by atoms with Crippen LogP contribution in [-0.2, 0) is 6.42 Å². The van der Waals surface area contributed by atoms with Crippen LogP contribution in [0.15, 0.2) is 48.5 Å². The van der Waals surface area contributed by atoms with Crippen molar-refractivity contribution >= 4 is 5.69 Å². The van der Waals surface area contributed by atoms with Gasteiger partial charge in [-0.1, -0.05) is 42.5 Å². The van der Waals surface area contributed by atoms with Crippen LogP contribution in [0.5, 0.6) is 0 Å². The molecular weight excluding hydrogens is 256 g/mol. The van der Waals surface area contributed by atoms with Crippen molar-refractivity contribution < 1.29 is 0 Å². The van der Waals surface area contributed by atoms with Crippen molar-refractivity contribution in [3.63, 3.8) is 0 Å². The Morgan fingerprint density at radius 2 is 1.86 bits per heavy atom. The lowest BCUT2D eigenvalue weighted by Gasteiger charge is -2.34. The molecule has 0 aliphatic carbocycles. The minimum absolute atomic E-state index is 0.373. The summed E-state index contributed by atoms with van der Waals surface area (Å²) in [5.74, 6) is 0. The van der Waals surface area contributed by atoms with E-state index in [0.717, 1.165) is 13.1 Å². The van der Waals surface area contributed by atoms with Crippen LogP contribution in [0.4, 0.5) is 5.69 Å². The van der Waals surface area contributed by atoms with Crippen LogP contribution in [0.1, 0.15) is 29.2 Å². The molecule has 1 aliphatic heterocycles. The first-order chi connectivity index (χ1) is 10.3. The fourth-order valence-corrected chi connectivity index (χ4v) is 3.34. The highest BCUT2D eigenvalue weighted by atomic mass is 15.2. The zero-order valence-corrected chi connectivity index (χ0v) is 13.0. The summed E-state index contributed by atoms with van der Waals surface area (Å²) in [5.41, 5.74) is 5.67. The first-order valence-corrected chi connectivity index (χ1v) is 7.85. The average molecular weight is 280 g/mol. The van der Waals surface area contributed by atoms with Gasteiger partial charge >= 0.3 is 0 Å². The molecule has 0 aromatic heterocycles. The van der Waals surface area contributed by atoms with Gasteiger partial charge in [0.1, 0.15) is 0 Å². The van der Waals surface area contributed by atoms with E-state index in [4.69, 9.17) is 0 Å². The normalized spacial score (nSPS) is 15.6. The third-order valence-electron chi connectivity index (χ3n) is 4.52. The molecule has 1 heterocycles. The fraction of sp³-hybridized carbons (Fsp3) is 0.368. The van der Waals surface area contributed by atoms with Gasteiger partial charge in [0.15, 0.2) is 0 Å².